The number of aromatic nitrogens is 1. The highest BCUT2D eigenvalue weighted by atomic mass is 32.1. The first-order valence-corrected chi connectivity index (χ1v) is 11.0. The number of likely N-dealkylation sites (tertiary alicyclic amines) is 1. The van der Waals surface area contributed by atoms with Gasteiger partial charge in [0.2, 0.25) is 11.8 Å². The monoisotopic (exact) mass is 436 g/mol. The van der Waals surface area contributed by atoms with E-state index in [-0.39, 0.29) is 36.1 Å². The van der Waals surface area contributed by atoms with Gasteiger partial charge in [-0.3, -0.25) is 19.7 Å². The lowest BCUT2D eigenvalue weighted by Crippen LogP contribution is -2.33. The summed E-state index contributed by atoms with van der Waals surface area (Å²) in [7, 11) is 0. The second-order valence-corrected chi connectivity index (χ2v) is 9.03. The molecule has 2 N–H and O–H groups in total. The summed E-state index contributed by atoms with van der Waals surface area (Å²) in [5, 5.41) is 6.23. The summed E-state index contributed by atoms with van der Waals surface area (Å²) in [4.78, 5) is 43.4. The molecule has 31 heavy (non-hydrogen) atoms. The van der Waals surface area contributed by atoms with E-state index in [0.29, 0.717) is 22.9 Å². The minimum absolute atomic E-state index is 0.00668. The normalized spacial score (nSPS) is 16.2. The predicted molar refractivity (Wildman–Crippen MR) is 122 cm³/mol. The molecule has 1 aliphatic heterocycles. The molecule has 1 aliphatic rings. The molecule has 2 aromatic carbocycles. The van der Waals surface area contributed by atoms with Gasteiger partial charge >= 0.3 is 0 Å². The summed E-state index contributed by atoms with van der Waals surface area (Å²) < 4.78 is 1.02. The van der Waals surface area contributed by atoms with Crippen LogP contribution in [0.1, 0.15) is 36.2 Å². The summed E-state index contributed by atoms with van der Waals surface area (Å²) in [6.07, 6.45) is 0.228. The van der Waals surface area contributed by atoms with Crippen molar-refractivity contribution in [3.8, 4) is 0 Å². The number of hydrogen-bond acceptors (Lipinski definition) is 5. The average Bonchev–Trinajstić information content (AvgIpc) is 3.32. The van der Waals surface area contributed by atoms with Crippen LogP contribution in [-0.4, -0.2) is 40.2 Å². The Labute approximate surface area is 184 Å². The fourth-order valence-corrected chi connectivity index (χ4v) is 4.60. The third kappa shape index (κ3) is 4.44. The number of benzene rings is 2. The third-order valence-corrected chi connectivity index (χ3v) is 6.34. The zero-order chi connectivity index (χ0) is 22.1. The van der Waals surface area contributed by atoms with E-state index in [2.05, 4.69) is 15.6 Å². The second-order valence-electron chi connectivity index (χ2n) is 8.00. The number of carbonyl (C=O) groups is 3. The van der Waals surface area contributed by atoms with E-state index < -0.39 is 0 Å². The maximum absolute atomic E-state index is 12.6. The smallest absolute Gasteiger partial charge is 0.257 e. The molecular weight excluding hydrogens is 412 g/mol. The van der Waals surface area contributed by atoms with Gasteiger partial charge in [-0.15, -0.1) is 0 Å². The first-order valence-electron chi connectivity index (χ1n) is 10.2. The zero-order valence-corrected chi connectivity index (χ0v) is 18.5. The Hall–Kier alpha value is -3.26. The molecule has 1 fully saturated rings. The van der Waals surface area contributed by atoms with Crippen LogP contribution in [0.4, 0.5) is 10.8 Å². The number of aryl methyl sites for hydroxylation is 1. The molecule has 1 unspecified atom stereocenters. The van der Waals surface area contributed by atoms with Gasteiger partial charge in [0.05, 0.1) is 16.1 Å². The largest absolute Gasteiger partial charge is 0.339 e. The third-order valence-electron chi connectivity index (χ3n) is 5.41. The number of nitrogens with zero attached hydrogens (tertiary/aromatic N) is 2. The van der Waals surface area contributed by atoms with Crippen molar-refractivity contribution < 1.29 is 14.4 Å². The lowest BCUT2D eigenvalue weighted by Gasteiger charge is -2.20. The number of nitrogens with one attached hydrogen (secondary N) is 2. The molecule has 1 atom stereocenters. The SMILES string of the molecule is Cc1cccc2sc(NC(=O)c3ccc(NC(=O)C4CC(=O)N(C(C)C)C4)cc3)nc12. The molecule has 0 bridgehead atoms. The van der Waals surface area contributed by atoms with E-state index >= 15 is 0 Å². The molecule has 2 heterocycles. The highest BCUT2D eigenvalue weighted by Crippen LogP contribution is 2.28. The van der Waals surface area contributed by atoms with Crippen molar-refractivity contribution in [2.45, 2.75) is 33.2 Å². The molecular formula is C23H24N4O3S. The Morgan fingerprint density at radius 1 is 1.13 bits per heavy atom. The summed E-state index contributed by atoms with van der Waals surface area (Å²) in [5.41, 5.74) is 3.01. The van der Waals surface area contributed by atoms with E-state index in [4.69, 9.17) is 0 Å². The number of rotatable bonds is 5. The van der Waals surface area contributed by atoms with Crippen molar-refractivity contribution in [2.24, 2.45) is 5.92 Å². The number of fused-ring (bicyclic) bond motifs is 1. The van der Waals surface area contributed by atoms with E-state index in [1.807, 2.05) is 39.0 Å². The van der Waals surface area contributed by atoms with Crippen LogP contribution in [0.25, 0.3) is 10.2 Å². The maximum atomic E-state index is 12.6. The van der Waals surface area contributed by atoms with Gasteiger partial charge in [0.1, 0.15) is 0 Å². The fraction of sp³-hybridized carbons (Fsp3) is 0.304. The lowest BCUT2D eigenvalue weighted by molar-refractivity contribution is -0.129. The summed E-state index contributed by atoms with van der Waals surface area (Å²) in [6, 6.07) is 12.7. The quantitative estimate of drug-likeness (QED) is 0.631. The summed E-state index contributed by atoms with van der Waals surface area (Å²) >= 11 is 1.43. The van der Waals surface area contributed by atoms with Crippen molar-refractivity contribution in [1.82, 2.24) is 9.88 Å². The van der Waals surface area contributed by atoms with E-state index in [0.717, 1.165) is 15.8 Å². The molecule has 3 amide bonds. The Balaban J connectivity index is 1.38. The number of anilines is 2. The van der Waals surface area contributed by atoms with Gasteiger partial charge in [-0.1, -0.05) is 23.5 Å². The Bertz CT molecular complexity index is 1150. The molecule has 160 valence electrons. The lowest BCUT2D eigenvalue weighted by atomic mass is 10.1. The Kier molecular flexibility index (Phi) is 5.73. The predicted octanol–water partition coefficient (Wildman–Crippen LogP) is 4.05. The van der Waals surface area contributed by atoms with Crippen molar-refractivity contribution in [2.75, 3.05) is 17.2 Å². The van der Waals surface area contributed by atoms with Crippen LogP contribution in [0.3, 0.4) is 0 Å². The van der Waals surface area contributed by atoms with Crippen LogP contribution in [0.15, 0.2) is 42.5 Å². The van der Waals surface area contributed by atoms with E-state index in [9.17, 15) is 14.4 Å². The molecule has 0 spiro atoms. The molecule has 0 radical (unpaired) electrons. The number of carbonyl (C=O) groups excluding carboxylic acids is 3. The van der Waals surface area contributed by atoms with Gasteiger partial charge in [0.15, 0.2) is 5.13 Å². The van der Waals surface area contributed by atoms with E-state index in [1.54, 1.807) is 29.2 Å². The van der Waals surface area contributed by atoms with Gasteiger partial charge in [-0.25, -0.2) is 4.98 Å². The molecule has 4 rings (SSSR count). The van der Waals surface area contributed by atoms with Gasteiger partial charge in [-0.2, -0.15) is 0 Å². The van der Waals surface area contributed by atoms with Crippen LogP contribution in [0, 0.1) is 12.8 Å². The molecule has 0 aliphatic carbocycles. The van der Waals surface area contributed by atoms with Crippen molar-refractivity contribution in [3.63, 3.8) is 0 Å². The van der Waals surface area contributed by atoms with Gasteiger partial charge in [-0.05, 0) is 56.7 Å². The topological polar surface area (TPSA) is 91.4 Å². The van der Waals surface area contributed by atoms with Crippen LogP contribution < -0.4 is 10.6 Å². The molecule has 8 heteroatoms. The zero-order valence-electron chi connectivity index (χ0n) is 17.6. The Morgan fingerprint density at radius 3 is 2.52 bits per heavy atom. The highest BCUT2D eigenvalue weighted by molar-refractivity contribution is 7.22. The first-order chi connectivity index (χ1) is 14.8. The van der Waals surface area contributed by atoms with Crippen molar-refractivity contribution >= 4 is 50.1 Å². The van der Waals surface area contributed by atoms with Gasteiger partial charge in [0, 0.05) is 30.3 Å². The van der Waals surface area contributed by atoms with Crippen LogP contribution in [0.2, 0.25) is 0 Å². The molecule has 3 aromatic rings. The number of thiazole rings is 1. The molecule has 0 saturated carbocycles. The standard InChI is InChI=1S/C23H24N4O3S/c1-13(2)27-12-16(11-19(27)28)22(30)24-17-9-7-15(8-10-17)21(29)26-23-25-20-14(3)5-4-6-18(20)31-23/h4-10,13,16H,11-12H2,1-3H3,(H,24,30)(H,25,26,29). The van der Waals surface area contributed by atoms with Gasteiger partial charge in [0.25, 0.3) is 5.91 Å². The minimum atomic E-state index is -0.361. The van der Waals surface area contributed by atoms with Crippen molar-refractivity contribution in [1.29, 1.82) is 0 Å². The molecule has 1 saturated heterocycles. The molecule has 1 aromatic heterocycles. The minimum Gasteiger partial charge on any atom is -0.339 e. The van der Waals surface area contributed by atoms with Crippen LogP contribution in [-0.2, 0) is 9.59 Å². The van der Waals surface area contributed by atoms with Crippen LogP contribution in [0.5, 0.6) is 0 Å². The van der Waals surface area contributed by atoms with Crippen LogP contribution >= 0.6 is 11.3 Å². The summed E-state index contributed by atoms with van der Waals surface area (Å²) in [5.74, 6) is -0.797. The average molecular weight is 437 g/mol. The second kappa shape index (κ2) is 8.47. The number of hydrogen-bond donors (Lipinski definition) is 2. The Morgan fingerprint density at radius 2 is 1.87 bits per heavy atom. The maximum Gasteiger partial charge on any atom is 0.257 e. The van der Waals surface area contributed by atoms with Crippen molar-refractivity contribution in [3.05, 3.63) is 53.6 Å². The summed E-state index contributed by atoms with van der Waals surface area (Å²) in [6.45, 7) is 6.31. The number of amides is 3. The van der Waals surface area contributed by atoms with Gasteiger partial charge < -0.3 is 10.2 Å². The highest BCUT2D eigenvalue weighted by Gasteiger charge is 2.35. The molecule has 7 nitrogen and oxygen atoms in total. The first kappa shape index (κ1) is 21.0. The fourth-order valence-electron chi connectivity index (χ4n) is 3.66. The van der Waals surface area contributed by atoms with E-state index in [1.165, 1.54) is 11.3 Å². The number of para-hydroxylation sites is 1.